The van der Waals surface area contributed by atoms with Crippen molar-refractivity contribution < 1.29 is 5.11 Å². The zero-order valence-electron chi connectivity index (χ0n) is 10.6. The van der Waals surface area contributed by atoms with Crippen molar-refractivity contribution in [2.24, 2.45) is 0 Å². The number of β-amino-alcohol motifs (C(OH)–C–C–N with tert-alkyl or cyclic N) is 1. The summed E-state index contributed by atoms with van der Waals surface area (Å²) in [6, 6.07) is 10.4. The van der Waals surface area contributed by atoms with Gasteiger partial charge in [0.15, 0.2) is 0 Å². The van der Waals surface area contributed by atoms with E-state index in [0.29, 0.717) is 0 Å². The highest BCUT2D eigenvalue weighted by Gasteiger charge is 2.20. The van der Waals surface area contributed by atoms with Gasteiger partial charge in [-0.25, -0.2) is 0 Å². The lowest BCUT2D eigenvalue weighted by molar-refractivity contribution is 0.175. The Kier molecular flexibility index (Phi) is 3.02. The van der Waals surface area contributed by atoms with E-state index in [0.717, 1.165) is 37.3 Å². The maximum atomic E-state index is 9.59. The highest BCUT2D eigenvalue weighted by Crippen LogP contribution is 2.21. The predicted octanol–water partition coefficient (Wildman–Crippen LogP) is 2.11. The van der Waals surface area contributed by atoms with Crippen molar-refractivity contribution in [3.05, 3.63) is 41.6 Å². The van der Waals surface area contributed by atoms with Gasteiger partial charge < -0.3 is 5.11 Å². The summed E-state index contributed by atoms with van der Waals surface area (Å²) in [5, 5.41) is 10.8. The van der Waals surface area contributed by atoms with Crippen molar-refractivity contribution >= 4 is 10.9 Å². The summed E-state index contributed by atoms with van der Waals surface area (Å²) < 4.78 is 0. The minimum atomic E-state index is -0.154. The number of hydrogen-bond acceptors (Lipinski definition) is 3. The van der Waals surface area contributed by atoms with Gasteiger partial charge in [-0.1, -0.05) is 18.2 Å². The molecule has 0 bridgehead atoms. The van der Waals surface area contributed by atoms with Gasteiger partial charge in [-0.05, 0) is 31.0 Å². The van der Waals surface area contributed by atoms with E-state index in [4.69, 9.17) is 0 Å². The lowest BCUT2D eigenvalue weighted by atomic mass is 10.1. The van der Waals surface area contributed by atoms with Crippen LogP contribution in [0.1, 0.15) is 17.7 Å². The van der Waals surface area contributed by atoms with Gasteiger partial charge >= 0.3 is 0 Å². The molecule has 3 rings (SSSR count). The van der Waals surface area contributed by atoms with Crippen LogP contribution in [0.3, 0.4) is 0 Å². The number of likely N-dealkylation sites (tertiary alicyclic amines) is 1. The fourth-order valence-corrected chi connectivity index (χ4v) is 2.72. The number of fused-ring (bicyclic) bond motifs is 1. The van der Waals surface area contributed by atoms with Gasteiger partial charge in [0.05, 0.1) is 11.6 Å². The number of aliphatic hydroxyl groups excluding tert-OH is 1. The molecular weight excluding hydrogens is 224 g/mol. The Morgan fingerprint density at radius 2 is 2.22 bits per heavy atom. The normalized spacial score (nSPS) is 20.7. The second-order valence-electron chi connectivity index (χ2n) is 5.12. The van der Waals surface area contributed by atoms with Crippen molar-refractivity contribution in [3.8, 4) is 0 Å². The molecule has 0 aliphatic carbocycles. The molecule has 0 radical (unpaired) electrons. The first kappa shape index (κ1) is 11.6. The Morgan fingerprint density at radius 3 is 3.00 bits per heavy atom. The summed E-state index contributed by atoms with van der Waals surface area (Å²) in [5.41, 5.74) is 3.43. The molecule has 3 nitrogen and oxygen atoms in total. The molecule has 94 valence electrons. The molecule has 1 N–H and O–H groups in total. The Bertz CT molecular complexity index is 567. The molecule has 3 heteroatoms. The van der Waals surface area contributed by atoms with Crippen LogP contribution in [0.5, 0.6) is 0 Å². The van der Waals surface area contributed by atoms with E-state index in [-0.39, 0.29) is 6.10 Å². The molecule has 0 saturated carbocycles. The van der Waals surface area contributed by atoms with Crippen molar-refractivity contribution in [2.75, 3.05) is 13.1 Å². The van der Waals surface area contributed by atoms with Crippen LogP contribution in [0.4, 0.5) is 0 Å². The SMILES string of the molecule is Cc1cc(CN2CC[C@H](O)C2)c2ccccc2n1. The monoisotopic (exact) mass is 242 g/mol. The number of aliphatic hydroxyl groups is 1. The second-order valence-corrected chi connectivity index (χ2v) is 5.12. The molecule has 1 saturated heterocycles. The molecule has 1 fully saturated rings. The summed E-state index contributed by atoms with van der Waals surface area (Å²) >= 11 is 0. The van der Waals surface area contributed by atoms with Gasteiger partial charge in [0.1, 0.15) is 0 Å². The molecule has 1 atom stereocenters. The number of aryl methyl sites for hydroxylation is 1. The van der Waals surface area contributed by atoms with Crippen LogP contribution in [0.25, 0.3) is 10.9 Å². The van der Waals surface area contributed by atoms with E-state index in [1.807, 2.05) is 13.0 Å². The average molecular weight is 242 g/mol. The third kappa shape index (κ3) is 2.24. The van der Waals surface area contributed by atoms with E-state index in [1.54, 1.807) is 0 Å². The topological polar surface area (TPSA) is 36.4 Å². The van der Waals surface area contributed by atoms with E-state index in [1.165, 1.54) is 10.9 Å². The molecule has 1 aromatic carbocycles. The van der Waals surface area contributed by atoms with Crippen LogP contribution in [-0.4, -0.2) is 34.2 Å². The quantitative estimate of drug-likeness (QED) is 0.876. The molecule has 1 aliphatic heterocycles. The van der Waals surface area contributed by atoms with E-state index in [9.17, 15) is 5.11 Å². The van der Waals surface area contributed by atoms with Crippen molar-refractivity contribution in [1.82, 2.24) is 9.88 Å². The van der Waals surface area contributed by atoms with Crippen LogP contribution < -0.4 is 0 Å². The maximum absolute atomic E-state index is 9.59. The van der Waals surface area contributed by atoms with Crippen molar-refractivity contribution in [2.45, 2.75) is 26.0 Å². The first-order valence-corrected chi connectivity index (χ1v) is 6.48. The fourth-order valence-electron chi connectivity index (χ4n) is 2.72. The lowest BCUT2D eigenvalue weighted by Gasteiger charge is -2.16. The third-order valence-corrected chi connectivity index (χ3v) is 3.57. The summed E-state index contributed by atoms with van der Waals surface area (Å²) in [6.07, 6.45) is 0.737. The van der Waals surface area contributed by atoms with Crippen molar-refractivity contribution in [3.63, 3.8) is 0 Å². The standard InChI is InChI=1S/C15H18N2O/c1-11-8-12(9-17-7-6-13(18)10-17)14-4-2-3-5-15(14)16-11/h2-5,8,13,18H,6-7,9-10H2,1H3/t13-/m0/s1. The van der Waals surface area contributed by atoms with Crippen LogP contribution >= 0.6 is 0 Å². The van der Waals surface area contributed by atoms with Gasteiger partial charge in [-0.2, -0.15) is 0 Å². The van der Waals surface area contributed by atoms with Gasteiger partial charge in [0, 0.05) is 30.7 Å². The second kappa shape index (κ2) is 4.67. The lowest BCUT2D eigenvalue weighted by Crippen LogP contribution is -2.21. The summed E-state index contributed by atoms with van der Waals surface area (Å²) in [7, 11) is 0. The van der Waals surface area contributed by atoms with E-state index < -0.39 is 0 Å². The fraction of sp³-hybridized carbons (Fsp3) is 0.400. The number of benzene rings is 1. The van der Waals surface area contributed by atoms with Crippen LogP contribution in [0, 0.1) is 6.92 Å². The van der Waals surface area contributed by atoms with Gasteiger partial charge in [-0.15, -0.1) is 0 Å². The Balaban J connectivity index is 1.95. The minimum Gasteiger partial charge on any atom is -0.392 e. The molecule has 18 heavy (non-hydrogen) atoms. The summed E-state index contributed by atoms with van der Waals surface area (Å²) in [5.74, 6) is 0. The number of para-hydroxylation sites is 1. The molecule has 1 aromatic heterocycles. The summed E-state index contributed by atoms with van der Waals surface area (Å²) in [4.78, 5) is 6.87. The number of rotatable bonds is 2. The van der Waals surface area contributed by atoms with Gasteiger partial charge in [-0.3, -0.25) is 9.88 Å². The summed E-state index contributed by atoms with van der Waals surface area (Å²) in [6.45, 7) is 4.71. The smallest absolute Gasteiger partial charge is 0.0708 e. The zero-order chi connectivity index (χ0) is 12.5. The number of nitrogens with zero attached hydrogens (tertiary/aromatic N) is 2. The Hall–Kier alpha value is -1.45. The molecule has 2 heterocycles. The van der Waals surface area contributed by atoms with Gasteiger partial charge in [0.2, 0.25) is 0 Å². The van der Waals surface area contributed by atoms with Crippen LogP contribution in [0.15, 0.2) is 30.3 Å². The minimum absolute atomic E-state index is 0.154. The highest BCUT2D eigenvalue weighted by molar-refractivity contribution is 5.82. The zero-order valence-corrected chi connectivity index (χ0v) is 10.6. The Labute approximate surface area is 107 Å². The van der Waals surface area contributed by atoms with Crippen LogP contribution in [-0.2, 0) is 6.54 Å². The van der Waals surface area contributed by atoms with Crippen molar-refractivity contribution in [1.29, 1.82) is 0 Å². The highest BCUT2D eigenvalue weighted by atomic mass is 16.3. The number of pyridine rings is 1. The van der Waals surface area contributed by atoms with E-state index in [2.05, 4.69) is 34.1 Å². The predicted molar refractivity (Wildman–Crippen MR) is 72.4 cm³/mol. The third-order valence-electron chi connectivity index (χ3n) is 3.57. The molecule has 0 amide bonds. The first-order valence-electron chi connectivity index (χ1n) is 6.48. The molecule has 2 aromatic rings. The number of aromatic nitrogens is 1. The average Bonchev–Trinajstić information content (AvgIpc) is 2.74. The molecule has 0 spiro atoms. The van der Waals surface area contributed by atoms with Gasteiger partial charge in [0.25, 0.3) is 0 Å². The van der Waals surface area contributed by atoms with Crippen LogP contribution in [0.2, 0.25) is 0 Å². The van der Waals surface area contributed by atoms with E-state index >= 15 is 0 Å². The number of hydrogen-bond donors (Lipinski definition) is 1. The largest absolute Gasteiger partial charge is 0.392 e. The Morgan fingerprint density at radius 1 is 1.39 bits per heavy atom. The molecule has 0 unspecified atom stereocenters. The first-order chi connectivity index (χ1) is 8.72. The maximum Gasteiger partial charge on any atom is 0.0708 e. The molecule has 1 aliphatic rings. The molecular formula is C15H18N2O.